The second-order valence-electron chi connectivity index (χ2n) is 7.19. The Labute approximate surface area is 166 Å². The zero-order chi connectivity index (χ0) is 19.1. The Morgan fingerprint density at radius 2 is 1.78 bits per heavy atom. The van der Waals surface area contributed by atoms with Crippen molar-refractivity contribution in [3.63, 3.8) is 0 Å². The Kier molecular flexibility index (Phi) is 6.89. The summed E-state index contributed by atoms with van der Waals surface area (Å²) in [4.78, 5) is 12.4. The van der Waals surface area contributed by atoms with Crippen LogP contribution in [0.5, 0.6) is 0 Å². The van der Waals surface area contributed by atoms with Crippen LogP contribution in [0.25, 0.3) is 0 Å². The van der Waals surface area contributed by atoms with E-state index in [0.29, 0.717) is 11.6 Å². The third-order valence-electron chi connectivity index (χ3n) is 5.40. The van der Waals surface area contributed by atoms with Crippen LogP contribution in [-0.2, 0) is 14.9 Å². The number of benzene rings is 2. The van der Waals surface area contributed by atoms with Crippen molar-refractivity contribution in [1.82, 2.24) is 10.6 Å². The first kappa shape index (κ1) is 19.9. The van der Waals surface area contributed by atoms with Crippen LogP contribution in [0.1, 0.15) is 36.9 Å². The van der Waals surface area contributed by atoms with Crippen LogP contribution >= 0.6 is 11.6 Å². The molecule has 1 amide bonds. The molecule has 4 nitrogen and oxygen atoms in total. The maximum atomic E-state index is 12.4. The monoisotopic (exact) mass is 386 g/mol. The molecule has 5 heteroatoms. The largest absolute Gasteiger partial charge is 0.381 e. The second kappa shape index (κ2) is 9.36. The van der Waals surface area contributed by atoms with E-state index in [4.69, 9.17) is 16.3 Å². The van der Waals surface area contributed by atoms with Crippen molar-refractivity contribution in [2.75, 3.05) is 26.3 Å². The molecular formula is C22H27ClN2O2. The van der Waals surface area contributed by atoms with Gasteiger partial charge in [0, 0.05) is 36.2 Å². The van der Waals surface area contributed by atoms with Gasteiger partial charge < -0.3 is 15.4 Å². The average Bonchev–Trinajstić information content (AvgIpc) is 2.72. The van der Waals surface area contributed by atoms with Gasteiger partial charge >= 0.3 is 0 Å². The molecule has 2 aromatic rings. The van der Waals surface area contributed by atoms with E-state index < -0.39 is 0 Å². The maximum absolute atomic E-state index is 12.4. The Bertz CT molecular complexity index is 728. The van der Waals surface area contributed by atoms with Crippen LogP contribution < -0.4 is 10.6 Å². The molecule has 0 spiro atoms. The van der Waals surface area contributed by atoms with E-state index in [1.54, 1.807) is 0 Å². The predicted molar refractivity (Wildman–Crippen MR) is 109 cm³/mol. The van der Waals surface area contributed by atoms with E-state index in [9.17, 15) is 4.79 Å². The minimum absolute atomic E-state index is 0.0117. The summed E-state index contributed by atoms with van der Waals surface area (Å²) in [6.07, 6.45) is 1.85. The highest BCUT2D eigenvalue weighted by Gasteiger charge is 2.34. The van der Waals surface area contributed by atoms with Gasteiger partial charge in [-0.1, -0.05) is 54.1 Å². The molecule has 0 bridgehead atoms. The highest BCUT2D eigenvalue weighted by atomic mass is 35.5. The lowest BCUT2D eigenvalue weighted by molar-refractivity contribution is -0.120. The highest BCUT2D eigenvalue weighted by molar-refractivity contribution is 6.30. The normalized spacial score (nSPS) is 17.3. The third kappa shape index (κ3) is 5.32. The Balaban J connectivity index is 1.54. The molecule has 3 rings (SSSR count). The molecule has 1 heterocycles. The number of ether oxygens (including phenoxy) is 1. The molecule has 2 aromatic carbocycles. The van der Waals surface area contributed by atoms with Crippen molar-refractivity contribution in [1.29, 1.82) is 0 Å². The van der Waals surface area contributed by atoms with E-state index in [0.717, 1.165) is 31.6 Å². The molecule has 1 atom stereocenters. The van der Waals surface area contributed by atoms with Crippen LogP contribution in [0.3, 0.4) is 0 Å². The number of rotatable bonds is 7. The Morgan fingerprint density at radius 3 is 2.44 bits per heavy atom. The summed E-state index contributed by atoms with van der Waals surface area (Å²) in [7, 11) is 0. The molecule has 1 aliphatic rings. The number of halogens is 1. The Hall–Kier alpha value is -1.88. The van der Waals surface area contributed by atoms with Gasteiger partial charge in [0.15, 0.2) is 0 Å². The Morgan fingerprint density at radius 1 is 1.11 bits per heavy atom. The van der Waals surface area contributed by atoms with Crippen LogP contribution in [-0.4, -0.2) is 32.2 Å². The van der Waals surface area contributed by atoms with Gasteiger partial charge in [-0.05, 0) is 43.0 Å². The lowest BCUT2D eigenvalue weighted by atomic mass is 9.74. The molecule has 2 N–H and O–H groups in total. The zero-order valence-corrected chi connectivity index (χ0v) is 16.5. The summed E-state index contributed by atoms with van der Waals surface area (Å²) < 4.78 is 5.55. The zero-order valence-electron chi connectivity index (χ0n) is 15.7. The third-order valence-corrected chi connectivity index (χ3v) is 5.65. The number of carbonyl (C=O) groups excluding carboxylic acids is 1. The first-order valence-corrected chi connectivity index (χ1v) is 9.86. The van der Waals surface area contributed by atoms with Crippen molar-refractivity contribution < 1.29 is 9.53 Å². The van der Waals surface area contributed by atoms with Crippen LogP contribution in [0.15, 0.2) is 54.6 Å². The quantitative estimate of drug-likeness (QED) is 0.759. The molecule has 144 valence electrons. The number of hydrogen-bond donors (Lipinski definition) is 2. The van der Waals surface area contributed by atoms with Crippen LogP contribution in [0.4, 0.5) is 0 Å². The van der Waals surface area contributed by atoms with Crippen LogP contribution in [0.2, 0.25) is 5.02 Å². The molecule has 0 aromatic heterocycles. The molecule has 0 saturated carbocycles. The second-order valence-corrected chi connectivity index (χ2v) is 7.63. The van der Waals surface area contributed by atoms with Gasteiger partial charge in [0.25, 0.3) is 0 Å². The van der Waals surface area contributed by atoms with Gasteiger partial charge in [-0.25, -0.2) is 0 Å². The van der Waals surface area contributed by atoms with Gasteiger partial charge in [-0.3, -0.25) is 4.79 Å². The summed E-state index contributed by atoms with van der Waals surface area (Å²) in [6.45, 7) is 4.43. The number of carbonyl (C=O) groups is 1. The lowest BCUT2D eigenvalue weighted by Gasteiger charge is -2.38. The molecule has 1 aliphatic heterocycles. The smallest absolute Gasteiger partial charge is 0.234 e. The standard InChI is InChI=1S/C22H27ClN2O2/c1-17(18-7-9-20(23)10-8-18)24-15-21(26)25-16-22(11-13-27-14-12-22)19-5-3-2-4-6-19/h2-10,17,24H,11-16H2,1H3,(H,25,26). The SMILES string of the molecule is CC(NCC(=O)NCC1(c2ccccc2)CCOCC1)c1ccc(Cl)cc1. The van der Waals surface area contributed by atoms with Crippen molar-refractivity contribution in [3.8, 4) is 0 Å². The molecule has 27 heavy (non-hydrogen) atoms. The first-order valence-electron chi connectivity index (χ1n) is 9.48. The fourth-order valence-electron chi connectivity index (χ4n) is 3.57. The summed E-state index contributed by atoms with van der Waals surface area (Å²) in [6, 6.07) is 18.2. The number of amides is 1. The van der Waals surface area contributed by atoms with Gasteiger partial charge in [0.2, 0.25) is 5.91 Å². The predicted octanol–water partition coefficient (Wildman–Crippen LogP) is 3.86. The number of nitrogens with one attached hydrogen (secondary N) is 2. The summed E-state index contributed by atoms with van der Waals surface area (Å²) in [5.41, 5.74) is 2.34. The van der Waals surface area contributed by atoms with Gasteiger partial charge in [-0.15, -0.1) is 0 Å². The topological polar surface area (TPSA) is 50.4 Å². The van der Waals surface area contributed by atoms with E-state index in [2.05, 4.69) is 34.9 Å². The van der Waals surface area contributed by atoms with Crippen molar-refractivity contribution in [2.45, 2.75) is 31.2 Å². The van der Waals surface area contributed by atoms with E-state index in [1.807, 2.05) is 37.3 Å². The van der Waals surface area contributed by atoms with Crippen molar-refractivity contribution in [3.05, 3.63) is 70.7 Å². The number of hydrogen-bond acceptors (Lipinski definition) is 3. The van der Waals surface area contributed by atoms with E-state index >= 15 is 0 Å². The van der Waals surface area contributed by atoms with Gasteiger partial charge in [-0.2, -0.15) is 0 Å². The van der Waals surface area contributed by atoms with Crippen molar-refractivity contribution >= 4 is 17.5 Å². The summed E-state index contributed by atoms with van der Waals surface area (Å²) in [5, 5.41) is 7.12. The maximum Gasteiger partial charge on any atom is 0.234 e. The van der Waals surface area contributed by atoms with Gasteiger partial charge in [0.1, 0.15) is 0 Å². The van der Waals surface area contributed by atoms with Crippen molar-refractivity contribution in [2.24, 2.45) is 0 Å². The van der Waals surface area contributed by atoms with Gasteiger partial charge in [0.05, 0.1) is 6.54 Å². The molecule has 0 aliphatic carbocycles. The van der Waals surface area contributed by atoms with E-state index in [-0.39, 0.29) is 23.9 Å². The molecule has 0 radical (unpaired) electrons. The molecular weight excluding hydrogens is 360 g/mol. The van der Waals surface area contributed by atoms with E-state index in [1.165, 1.54) is 5.56 Å². The fraction of sp³-hybridized carbons (Fsp3) is 0.409. The molecule has 1 fully saturated rings. The molecule has 1 saturated heterocycles. The lowest BCUT2D eigenvalue weighted by Crippen LogP contribution is -2.46. The fourth-order valence-corrected chi connectivity index (χ4v) is 3.69. The first-order chi connectivity index (χ1) is 13.1. The highest BCUT2D eigenvalue weighted by Crippen LogP contribution is 2.34. The van der Waals surface area contributed by atoms with Crippen LogP contribution in [0, 0.1) is 0 Å². The average molecular weight is 387 g/mol. The molecule has 1 unspecified atom stereocenters. The summed E-state index contributed by atoms with van der Waals surface area (Å²) in [5.74, 6) is 0.0117. The minimum atomic E-state index is -0.0447. The minimum Gasteiger partial charge on any atom is -0.381 e. The summed E-state index contributed by atoms with van der Waals surface area (Å²) >= 11 is 5.93.